The van der Waals surface area contributed by atoms with Gasteiger partial charge in [0.25, 0.3) is 5.91 Å². The van der Waals surface area contributed by atoms with Crippen molar-refractivity contribution in [2.45, 2.75) is 0 Å². The lowest BCUT2D eigenvalue weighted by Crippen LogP contribution is -2.11. The molecule has 1 N–H and O–H groups in total. The molecule has 0 radical (unpaired) electrons. The highest BCUT2D eigenvalue weighted by Crippen LogP contribution is 2.35. The van der Waals surface area contributed by atoms with Gasteiger partial charge >= 0.3 is 0 Å². The summed E-state index contributed by atoms with van der Waals surface area (Å²) in [5, 5.41) is 8.49. The number of aromatic nitrogens is 2. The van der Waals surface area contributed by atoms with E-state index >= 15 is 0 Å². The van der Waals surface area contributed by atoms with E-state index in [0.717, 1.165) is 27.2 Å². The van der Waals surface area contributed by atoms with Crippen LogP contribution in [0.1, 0.15) is 9.67 Å². The number of thiophene rings is 1. The fourth-order valence-corrected chi connectivity index (χ4v) is 4.04. The minimum atomic E-state index is -0.178. The number of hydrogen-bond acceptors (Lipinski definition) is 5. The molecule has 0 saturated heterocycles. The van der Waals surface area contributed by atoms with Gasteiger partial charge in [0, 0.05) is 18.0 Å². The highest BCUT2D eigenvalue weighted by atomic mass is 32.1. The molecule has 4 rings (SSSR count). The van der Waals surface area contributed by atoms with E-state index in [9.17, 15) is 4.79 Å². The third-order valence-corrected chi connectivity index (χ3v) is 5.63. The number of fused-ring (bicyclic) bond motifs is 1. The van der Waals surface area contributed by atoms with Crippen LogP contribution >= 0.6 is 11.3 Å². The zero-order valence-corrected chi connectivity index (χ0v) is 16.5. The molecule has 2 heterocycles. The molecule has 142 valence electrons. The van der Waals surface area contributed by atoms with Gasteiger partial charge in [-0.15, -0.1) is 11.3 Å². The normalized spacial score (nSPS) is 10.8. The van der Waals surface area contributed by atoms with Gasteiger partial charge in [-0.05, 0) is 30.3 Å². The molecule has 6 nitrogen and oxygen atoms in total. The summed E-state index contributed by atoms with van der Waals surface area (Å²) >= 11 is 1.41. The maximum absolute atomic E-state index is 12.8. The van der Waals surface area contributed by atoms with E-state index in [1.54, 1.807) is 18.9 Å². The number of carbonyl (C=O) groups is 1. The van der Waals surface area contributed by atoms with Gasteiger partial charge in [0.15, 0.2) is 0 Å². The molecular formula is C21H19N3O3S. The minimum Gasteiger partial charge on any atom is -0.497 e. The monoisotopic (exact) mass is 393 g/mol. The second kappa shape index (κ2) is 7.36. The van der Waals surface area contributed by atoms with Crippen LogP contribution in [0.5, 0.6) is 11.5 Å². The first-order valence-corrected chi connectivity index (χ1v) is 9.47. The summed E-state index contributed by atoms with van der Waals surface area (Å²) in [6.07, 6.45) is 0. The molecule has 0 aliphatic rings. The second-order valence-electron chi connectivity index (χ2n) is 6.19. The Labute approximate surface area is 166 Å². The molecule has 0 atom stereocenters. The van der Waals surface area contributed by atoms with Gasteiger partial charge in [-0.3, -0.25) is 9.48 Å². The molecule has 2 aromatic carbocycles. The number of anilines is 1. The van der Waals surface area contributed by atoms with E-state index in [1.165, 1.54) is 11.3 Å². The van der Waals surface area contributed by atoms with Crippen LogP contribution in [0.3, 0.4) is 0 Å². The van der Waals surface area contributed by atoms with E-state index in [2.05, 4.69) is 10.4 Å². The highest BCUT2D eigenvalue weighted by Gasteiger charge is 2.19. The maximum Gasteiger partial charge on any atom is 0.265 e. The Hall–Kier alpha value is -3.32. The standard InChI is InChI=1S/C21H19N3O3S/c1-24-21-15(19(23-24)13-7-6-8-14(11-13)26-2)12-18(28-21)20(25)22-16-9-4-5-10-17(16)27-3/h4-12H,1-3H3,(H,22,25). The molecule has 0 aliphatic heterocycles. The predicted molar refractivity (Wildman–Crippen MR) is 112 cm³/mol. The molecule has 0 unspecified atom stereocenters. The molecule has 7 heteroatoms. The number of benzene rings is 2. The fraction of sp³-hybridized carbons (Fsp3) is 0.143. The molecule has 4 aromatic rings. The number of rotatable bonds is 5. The van der Waals surface area contributed by atoms with E-state index < -0.39 is 0 Å². The number of nitrogens with one attached hydrogen (secondary N) is 1. The number of hydrogen-bond donors (Lipinski definition) is 1. The molecule has 2 aromatic heterocycles. The summed E-state index contributed by atoms with van der Waals surface area (Å²) < 4.78 is 12.4. The summed E-state index contributed by atoms with van der Waals surface area (Å²) in [7, 11) is 5.10. The SMILES string of the molecule is COc1cccc(-c2nn(C)c3sc(C(=O)Nc4ccccc4OC)cc23)c1. The lowest BCUT2D eigenvalue weighted by Gasteiger charge is -2.08. The largest absolute Gasteiger partial charge is 0.497 e. The molecule has 0 bridgehead atoms. The predicted octanol–water partition coefficient (Wildman–Crippen LogP) is 4.57. The summed E-state index contributed by atoms with van der Waals surface area (Å²) in [6.45, 7) is 0. The zero-order chi connectivity index (χ0) is 19.7. The first-order valence-electron chi connectivity index (χ1n) is 8.66. The van der Waals surface area contributed by atoms with Crippen molar-refractivity contribution in [3.05, 3.63) is 59.5 Å². The van der Waals surface area contributed by atoms with Crippen LogP contribution in [-0.4, -0.2) is 29.9 Å². The third kappa shape index (κ3) is 3.20. The van der Waals surface area contributed by atoms with Crippen LogP contribution in [0.2, 0.25) is 0 Å². The van der Waals surface area contributed by atoms with Gasteiger partial charge in [0.05, 0.1) is 24.8 Å². The lowest BCUT2D eigenvalue weighted by molar-refractivity contribution is 0.103. The van der Waals surface area contributed by atoms with E-state index in [0.29, 0.717) is 16.3 Å². The molecular weight excluding hydrogens is 374 g/mol. The first-order chi connectivity index (χ1) is 13.6. The van der Waals surface area contributed by atoms with Gasteiger partial charge in [-0.25, -0.2) is 0 Å². The summed E-state index contributed by atoms with van der Waals surface area (Å²) in [6, 6.07) is 17.0. The quantitative estimate of drug-likeness (QED) is 0.539. The van der Waals surface area contributed by atoms with E-state index in [1.807, 2.05) is 61.6 Å². The van der Waals surface area contributed by atoms with Crippen LogP contribution in [0, 0.1) is 0 Å². The van der Waals surface area contributed by atoms with Crippen LogP contribution in [0.15, 0.2) is 54.6 Å². The zero-order valence-electron chi connectivity index (χ0n) is 15.7. The van der Waals surface area contributed by atoms with Crippen LogP contribution in [-0.2, 0) is 7.05 Å². The Bertz CT molecular complexity index is 1160. The average Bonchev–Trinajstić information content (AvgIpc) is 3.29. The van der Waals surface area contributed by atoms with Crippen molar-refractivity contribution in [1.82, 2.24) is 9.78 Å². The van der Waals surface area contributed by atoms with Gasteiger partial charge in [-0.2, -0.15) is 5.10 Å². The number of aryl methyl sites for hydroxylation is 1. The Kier molecular flexibility index (Phi) is 4.75. The van der Waals surface area contributed by atoms with Crippen molar-refractivity contribution in [2.24, 2.45) is 7.05 Å². The highest BCUT2D eigenvalue weighted by molar-refractivity contribution is 7.20. The molecule has 0 aliphatic carbocycles. The number of amides is 1. The topological polar surface area (TPSA) is 65.4 Å². The molecule has 0 fully saturated rings. The van der Waals surface area contributed by atoms with Crippen molar-refractivity contribution < 1.29 is 14.3 Å². The summed E-state index contributed by atoms with van der Waals surface area (Å²) in [5.74, 6) is 1.21. The number of methoxy groups -OCH3 is 2. The molecule has 0 saturated carbocycles. The van der Waals surface area contributed by atoms with Crippen LogP contribution in [0.25, 0.3) is 21.5 Å². The van der Waals surface area contributed by atoms with Crippen LogP contribution in [0.4, 0.5) is 5.69 Å². The van der Waals surface area contributed by atoms with Crippen molar-refractivity contribution in [3.63, 3.8) is 0 Å². The Morgan fingerprint density at radius 2 is 1.89 bits per heavy atom. The molecule has 28 heavy (non-hydrogen) atoms. The third-order valence-electron chi connectivity index (χ3n) is 4.43. The summed E-state index contributed by atoms with van der Waals surface area (Å²) in [4.78, 5) is 14.3. The fourth-order valence-electron chi connectivity index (χ4n) is 3.07. The molecule has 0 spiro atoms. The number of ether oxygens (including phenoxy) is 2. The van der Waals surface area contributed by atoms with Gasteiger partial charge in [0.2, 0.25) is 0 Å². The van der Waals surface area contributed by atoms with E-state index in [-0.39, 0.29) is 5.91 Å². The minimum absolute atomic E-state index is 0.178. The lowest BCUT2D eigenvalue weighted by atomic mass is 10.1. The van der Waals surface area contributed by atoms with Gasteiger partial charge < -0.3 is 14.8 Å². The van der Waals surface area contributed by atoms with E-state index in [4.69, 9.17) is 9.47 Å². The van der Waals surface area contributed by atoms with Crippen molar-refractivity contribution in [3.8, 4) is 22.8 Å². The average molecular weight is 393 g/mol. The number of para-hydroxylation sites is 2. The Morgan fingerprint density at radius 1 is 1.07 bits per heavy atom. The molecule has 1 amide bonds. The summed E-state index contributed by atoms with van der Waals surface area (Å²) in [5.41, 5.74) is 2.40. The second-order valence-corrected chi connectivity index (χ2v) is 7.22. The van der Waals surface area contributed by atoms with Crippen molar-refractivity contribution >= 4 is 33.1 Å². The maximum atomic E-state index is 12.8. The van der Waals surface area contributed by atoms with Gasteiger partial charge in [0.1, 0.15) is 22.0 Å². The Balaban J connectivity index is 1.71. The van der Waals surface area contributed by atoms with Gasteiger partial charge in [-0.1, -0.05) is 24.3 Å². The number of nitrogens with zero attached hydrogens (tertiary/aromatic N) is 2. The van der Waals surface area contributed by atoms with Crippen LogP contribution < -0.4 is 14.8 Å². The first kappa shape index (κ1) is 18.1. The van der Waals surface area contributed by atoms with Crippen molar-refractivity contribution in [2.75, 3.05) is 19.5 Å². The smallest absolute Gasteiger partial charge is 0.265 e. The number of carbonyl (C=O) groups excluding carboxylic acids is 1. The Morgan fingerprint density at radius 3 is 2.68 bits per heavy atom. The van der Waals surface area contributed by atoms with Crippen molar-refractivity contribution in [1.29, 1.82) is 0 Å².